The Bertz CT molecular complexity index is 890. The van der Waals surface area contributed by atoms with E-state index < -0.39 is 6.10 Å². The van der Waals surface area contributed by atoms with E-state index in [0.717, 1.165) is 58.7 Å². The maximum Gasteiger partial charge on any atom is 0.143 e. The van der Waals surface area contributed by atoms with Crippen LogP contribution in [0.25, 0.3) is 22.2 Å². The van der Waals surface area contributed by atoms with Crippen molar-refractivity contribution in [3.05, 3.63) is 41.3 Å². The van der Waals surface area contributed by atoms with Crippen LogP contribution in [0.15, 0.2) is 28.8 Å². The van der Waals surface area contributed by atoms with Crippen LogP contribution in [0.5, 0.6) is 0 Å². The third kappa shape index (κ3) is 3.06. The molecule has 0 spiro atoms. The fourth-order valence-electron chi connectivity index (χ4n) is 4.16. The van der Waals surface area contributed by atoms with Crippen molar-refractivity contribution in [3.63, 3.8) is 0 Å². The number of likely N-dealkylation sites (tertiary alicyclic amines) is 1. The summed E-state index contributed by atoms with van der Waals surface area (Å²) < 4.78 is 5.46. The number of aliphatic hydroxyl groups is 1. The molecule has 0 saturated carbocycles. The average Bonchev–Trinajstić information content (AvgIpc) is 3.22. The zero-order chi connectivity index (χ0) is 18.1. The summed E-state index contributed by atoms with van der Waals surface area (Å²) in [6.07, 6.45) is 3.99. The first-order chi connectivity index (χ1) is 12.7. The maximum atomic E-state index is 11.2. The van der Waals surface area contributed by atoms with Crippen molar-refractivity contribution in [1.82, 2.24) is 15.0 Å². The van der Waals surface area contributed by atoms with Gasteiger partial charge in [0.15, 0.2) is 0 Å². The molecule has 1 unspecified atom stereocenters. The molecule has 2 N–H and O–H groups in total. The molecule has 138 valence electrons. The lowest BCUT2D eigenvalue weighted by Gasteiger charge is -2.28. The fraction of sp³-hybridized carbons (Fsp3) is 0.476. The van der Waals surface area contributed by atoms with Gasteiger partial charge in [-0.15, -0.1) is 0 Å². The number of hydrogen-bond donors (Lipinski definition) is 2. The molecule has 26 heavy (non-hydrogen) atoms. The summed E-state index contributed by atoms with van der Waals surface area (Å²) in [4.78, 5) is 5.90. The summed E-state index contributed by atoms with van der Waals surface area (Å²) in [5, 5.41) is 16.5. The number of benzene rings is 1. The van der Waals surface area contributed by atoms with E-state index >= 15 is 0 Å². The lowest BCUT2D eigenvalue weighted by atomic mass is 9.98. The summed E-state index contributed by atoms with van der Waals surface area (Å²) >= 11 is 0. The molecule has 0 aliphatic carbocycles. The molecule has 4 rings (SSSR count). The lowest BCUT2D eigenvalue weighted by Crippen LogP contribution is -2.33. The van der Waals surface area contributed by atoms with Crippen molar-refractivity contribution in [2.45, 2.75) is 45.6 Å². The SMILES string of the molecule is CCc1noc(C)c1-c1[nH]c2ccccc2c1C(O)CN1CCCCC1. The normalized spacial score (nSPS) is 17.0. The minimum atomic E-state index is -0.543. The van der Waals surface area contributed by atoms with E-state index in [9.17, 15) is 5.11 Å². The highest BCUT2D eigenvalue weighted by atomic mass is 16.5. The van der Waals surface area contributed by atoms with Gasteiger partial charge < -0.3 is 19.5 Å². The zero-order valence-electron chi connectivity index (χ0n) is 15.6. The number of hydrogen-bond acceptors (Lipinski definition) is 4. The molecule has 2 aromatic heterocycles. The first-order valence-electron chi connectivity index (χ1n) is 9.65. The Morgan fingerprint density at radius 1 is 1.23 bits per heavy atom. The van der Waals surface area contributed by atoms with E-state index in [-0.39, 0.29) is 0 Å². The molecule has 3 heterocycles. The molecule has 1 aliphatic rings. The van der Waals surface area contributed by atoms with Gasteiger partial charge in [0.05, 0.1) is 23.1 Å². The average molecular weight is 353 g/mol. The molecule has 1 atom stereocenters. The van der Waals surface area contributed by atoms with Crippen molar-refractivity contribution in [2.75, 3.05) is 19.6 Å². The number of β-amino-alcohol motifs (C(OH)–C–C–N with tert-alkyl or cyclic N) is 1. The summed E-state index contributed by atoms with van der Waals surface area (Å²) in [5.74, 6) is 0.792. The Kier molecular flexibility index (Phi) is 4.83. The third-order valence-corrected chi connectivity index (χ3v) is 5.48. The number of aliphatic hydroxyl groups excluding tert-OH is 1. The van der Waals surface area contributed by atoms with Crippen molar-refractivity contribution < 1.29 is 9.63 Å². The number of aromatic amines is 1. The van der Waals surface area contributed by atoms with Gasteiger partial charge in [0, 0.05) is 23.0 Å². The molecular weight excluding hydrogens is 326 g/mol. The van der Waals surface area contributed by atoms with Crippen LogP contribution >= 0.6 is 0 Å². The summed E-state index contributed by atoms with van der Waals surface area (Å²) in [7, 11) is 0. The van der Waals surface area contributed by atoms with Crippen LogP contribution in [0.2, 0.25) is 0 Å². The van der Waals surface area contributed by atoms with Gasteiger partial charge in [-0.1, -0.05) is 36.7 Å². The van der Waals surface area contributed by atoms with Crippen LogP contribution in [-0.2, 0) is 6.42 Å². The van der Waals surface area contributed by atoms with Crippen molar-refractivity contribution in [1.29, 1.82) is 0 Å². The smallest absolute Gasteiger partial charge is 0.143 e. The Hall–Kier alpha value is -2.11. The van der Waals surface area contributed by atoms with E-state index in [1.807, 2.05) is 19.1 Å². The largest absolute Gasteiger partial charge is 0.387 e. The van der Waals surface area contributed by atoms with Gasteiger partial charge in [-0.2, -0.15) is 0 Å². The van der Waals surface area contributed by atoms with Crippen LogP contribution < -0.4 is 0 Å². The third-order valence-electron chi connectivity index (χ3n) is 5.48. The van der Waals surface area contributed by atoms with Crippen LogP contribution in [0, 0.1) is 6.92 Å². The topological polar surface area (TPSA) is 65.3 Å². The van der Waals surface area contributed by atoms with E-state index in [2.05, 4.69) is 34.1 Å². The van der Waals surface area contributed by atoms with E-state index in [0.29, 0.717) is 6.54 Å². The first kappa shape index (κ1) is 17.3. The highest BCUT2D eigenvalue weighted by Crippen LogP contribution is 2.38. The summed E-state index contributed by atoms with van der Waals surface area (Å²) in [6.45, 7) is 6.82. The highest BCUT2D eigenvalue weighted by molar-refractivity contribution is 5.92. The number of aromatic nitrogens is 2. The second kappa shape index (κ2) is 7.25. The number of fused-ring (bicyclic) bond motifs is 1. The van der Waals surface area contributed by atoms with Crippen LogP contribution in [0.4, 0.5) is 0 Å². The molecule has 1 saturated heterocycles. The number of aryl methyl sites for hydroxylation is 2. The van der Waals surface area contributed by atoms with Gasteiger partial charge in [-0.3, -0.25) is 0 Å². The second-order valence-electron chi connectivity index (χ2n) is 7.25. The standard InChI is InChI=1S/C21H27N3O2/c1-3-16-19(14(2)26-23-16)21-20(15-9-5-6-10-17(15)22-21)18(25)13-24-11-7-4-8-12-24/h5-6,9-10,18,22,25H,3-4,7-8,11-13H2,1-2H3. The molecular formula is C21H27N3O2. The number of nitrogens with one attached hydrogen (secondary N) is 1. The van der Waals surface area contributed by atoms with Crippen molar-refractivity contribution in [2.24, 2.45) is 0 Å². The highest BCUT2D eigenvalue weighted by Gasteiger charge is 2.26. The number of piperidine rings is 1. The quantitative estimate of drug-likeness (QED) is 0.721. The van der Waals surface area contributed by atoms with E-state index in [1.54, 1.807) is 0 Å². The molecule has 1 fully saturated rings. The minimum absolute atomic E-state index is 0.543. The molecule has 0 bridgehead atoms. The Balaban J connectivity index is 1.80. The van der Waals surface area contributed by atoms with Gasteiger partial charge in [-0.25, -0.2) is 0 Å². The predicted octanol–water partition coefficient (Wildman–Crippen LogP) is 4.21. The molecule has 5 heteroatoms. The van der Waals surface area contributed by atoms with E-state index in [1.165, 1.54) is 19.3 Å². The summed E-state index contributed by atoms with van der Waals surface area (Å²) in [5.41, 5.74) is 4.88. The number of H-pyrrole nitrogens is 1. The van der Waals surface area contributed by atoms with Gasteiger partial charge in [0.25, 0.3) is 0 Å². The van der Waals surface area contributed by atoms with Gasteiger partial charge in [0.1, 0.15) is 5.76 Å². The maximum absolute atomic E-state index is 11.2. The van der Waals surface area contributed by atoms with Gasteiger partial charge >= 0.3 is 0 Å². The Morgan fingerprint density at radius 3 is 2.77 bits per heavy atom. The van der Waals surface area contributed by atoms with E-state index in [4.69, 9.17) is 4.52 Å². The fourth-order valence-corrected chi connectivity index (χ4v) is 4.16. The molecule has 0 amide bonds. The lowest BCUT2D eigenvalue weighted by molar-refractivity contribution is 0.103. The molecule has 1 aliphatic heterocycles. The number of rotatable bonds is 5. The predicted molar refractivity (Wildman–Crippen MR) is 103 cm³/mol. The minimum Gasteiger partial charge on any atom is -0.387 e. The zero-order valence-corrected chi connectivity index (χ0v) is 15.6. The molecule has 0 radical (unpaired) electrons. The molecule has 1 aromatic carbocycles. The Morgan fingerprint density at radius 2 is 2.00 bits per heavy atom. The van der Waals surface area contributed by atoms with Crippen molar-refractivity contribution >= 4 is 10.9 Å². The van der Waals surface area contributed by atoms with Gasteiger partial charge in [0.2, 0.25) is 0 Å². The first-order valence-corrected chi connectivity index (χ1v) is 9.65. The molecule has 3 aromatic rings. The summed E-state index contributed by atoms with van der Waals surface area (Å²) in [6, 6.07) is 8.19. The number of para-hydroxylation sites is 1. The van der Waals surface area contributed by atoms with Crippen LogP contribution in [-0.4, -0.2) is 39.8 Å². The van der Waals surface area contributed by atoms with Crippen molar-refractivity contribution in [3.8, 4) is 11.3 Å². The number of nitrogens with zero attached hydrogens (tertiary/aromatic N) is 2. The second-order valence-corrected chi connectivity index (χ2v) is 7.25. The van der Waals surface area contributed by atoms with Gasteiger partial charge in [-0.05, 0) is 45.3 Å². The van der Waals surface area contributed by atoms with Crippen LogP contribution in [0.3, 0.4) is 0 Å². The molecule has 5 nitrogen and oxygen atoms in total. The Labute approximate surface area is 154 Å². The monoisotopic (exact) mass is 353 g/mol. The van der Waals surface area contributed by atoms with Crippen LogP contribution in [0.1, 0.15) is 49.3 Å².